The van der Waals surface area contributed by atoms with Crippen molar-refractivity contribution in [1.82, 2.24) is 29.4 Å². The third kappa shape index (κ3) is 6.69. The molecule has 250 valence electrons. The van der Waals surface area contributed by atoms with Gasteiger partial charge in [0.25, 0.3) is 0 Å². The molecule has 17 nitrogen and oxygen atoms in total. The molecule has 3 aliphatic heterocycles. The van der Waals surface area contributed by atoms with Crippen LogP contribution in [0.3, 0.4) is 0 Å². The van der Waals surface area contributed by atoms with Gasteiger partial charge in [0.05, 0.1) is 25.4 Å². The van der Waals surface area contributed by atoms with Gasteiger partial charge in [-0.25, -0.2) is 14.4 Å². The summed E-state index contributed by atoms with van der Waals surface area (Å²) in [6.07, 6.45) is -0.0134. The van der Waals surface area contributed by atoms with Gasteiger partial charge in [-0.3, -0.25) is 29.4 Å². The first-order chi connectivity index (χ1) is 21.1. The van der Waals surface area contributed by atoms with Crippen LogP contribution in [0.1, 0.15) is 64.2 Å². The number of urea groups is 3. The van der Waals surface area contributed by atoms with Gasteiger partial charge in [0, 0.05) is 13.1 Å². The predicted molar refractivity (Wildman–Crippen MR) is 148 cm³/mol. The first-order valence-electron chi connectivity index (χ1n) is 15.6. The zero-order chi connectivity index (χ0) is 31.5. The lowest BCUT2D eigenvalue weighted by Crippen LogP contribution is -2.49. The highest BCUT2D eigenvalue weighted by atomic mass is 16.5. The standard InChI is InChI=1S/C27H46N6O11/c34-19-21(36)30(25(40)28(19)11-13-43-17-7-3-1-4-8-17)15-32-23(38)24(39)33(27(32)42)16-31-22(37)20(35)29(26(31)41)12-14-44-18-9-5-2-6-10-18/h17-24,34-39H,1-16H2/t19?,20?,21?,22?,23-,24?/m1/s1. The molecular weight excluding hydrogens is 584 g/mol. The monoisotopic (exact) mass is 630 g/mol. The SMILES string of the molecule is O=C1N(CCOC2CCCCC2)C(O)C(O)N1CN1C(=O)N(CN2C(=O)N(CCOC3CCCCC3)C(O)C2O)[C@H](O)C1O. The molecule has 0 radical (unpaired) electrons. The Morgan fingerprint density at radius 2 is 0.727 bits per heavy atom. The zero-order valence-corrected chi connectivity index (χ0v) is 24.8. The minimum absolute atomic E-state index is 0.00517. The van der Waals surface area contributed by atoms with E-state index in [0.29, 0.717) is 9.80 Å². The third-order valence-corrected chi connectivity index (χ3v) is 9.28. The van der Waals surface area contributed by atoms with Crippen molar-refractivity contribution < 1.29 is 54.5 Å². The average molecular weight is 631 g/mol. The molecule has 6 atom stereocenters. The number of aliphatic hydroxyl groups is 6. The second-order valence-electron chi connectivity index (χ2n) is 12.1. The molecule has 0 aromatic heterocycles. The highest BCUT2D eigenvalue weighted by Gasteiger charge is 2.52. The van der Waals surface area contributed by atoms with Gasteiger partial charge in [-0.1, -0.05) is 38.5 Å². The Labute approximate surface area is 255 Å². The number of ether oxygens (including phenoxy) is 2. The van der Waals surface area contributed by atoms with E-state index < -0.39 is 68.8 Å². The Balaban J connectivity index is 1.15. The van der Waals surface area contributed by atoms with Crippen molar-refractivity contribution in [3.8, 4) is 0 Å². The third-order valence-electron chi connectivity index (χ3n) is 9.28. The Morgan fingerprint density at radius 3 is 1.05 bits per heavy atom. The molecule has 0 spiro atoms. The van der Waals surface area contributed by atoms with E-state index in [1.165, 1.54) is 0 Å². The maximum Gasteiger partial charge on any atom is 0.327 e. The fourth-order valence-corrected chi connectivity index (χ4v) is 6.60. The molecule has 3 heterocycles. The summed E-state index contributed by atoms with van der Waals surface area (Å²) in [5.74, 6) is 0. The van der Waals surface area contributed by atoms with E-state index in [0.717, 1.165) is 83.8 Å². The molecule has 5 rings (SSSR count). The number of amides is 6. The average Bonchev–Trinajstić information content (AvgIpc) is 3.45. The molecule has 44 heavy (non-hydrogen) atoms. The van der Waals surface area contributed by atoms with Gasteiger partial charge in [-0.05, 0) is 25.7 Å². The van der Waals surface area contributed by atoms with Gasteiger partial charge in [-0.15, -0.1) is 0 Å². The van der Waals surface area contributed by atoms with Crippen LogP contribution in [0, 0.1) is 0 Å². The van der Waals surface area contributed by atoms with Crippen LogP contribution < -0.4 is 0 Å². The molecule has 5 fully saturated rings. The van der Waals surface area contributed by atoms with Crippen molar-refractivity contribution in [2.75, 3.05) is 39.6 Å². The van der Waals surface area contributed by atoms with Gasteiger partial charge in [-0.2, -0.15) is 0 Å². The van der Waals surface area contributed by atoms with Crippen molar-refractivity contribution >= 4 is 18.1 Å². The van der Waals surface area contributed by atoms with Crippen LogP contribution in [0.2, 0.25) is 0 Å². The van der Waals surface area contributed by atoms with Gasteiger partial charge in [0.2, 0.25) is 0 Å². The Kier molecular flexibility index (Phi) is 10.7. The van der Waals surface area contributed by atoms with E-state index in [4.69, 9.17) is 9.47 Å². The maximum atomic E-state index is 13.2. The van der Waals surface area contributed by atoms with Crippen LogP contribution >= 0.6 is 0 Å². The minimum atomic E-state index is -1.87. The van der Waals surface area contributed by atoms with Crippen LogP contribution in [0.25, 0.3) is 0 Å². The molecule has 17 heteroatoms. The summed E-state index contributed by atoms with van der Waals surface area (Å²) in [5.41, 5.74) is 0. The number of carbonyl (C=O) groups excluding carboxylic acids is 3. The van der Waals surface area contributed by atoms with E-state index >= 15 is 0 Å². The second kappa shape index (κ2) is 14.3. The van der Waals surface area contributed by atoms with Gasteiger partial charge in [0.15, 0.2) is 37.4 Å². The smallest absolute Gasteiger partial charge is 0.327 e. The summed E-state index contributed by atoms with van der Waals surface area (Å²) in [6, 6.07) is -2.61. The molecule has 0 bridgehead atoms. The van der Waals surface area contributed by atoms with Crippen molar-refractivity contribution in [3.05, 3.63) is 0 Å². The summed E-state index contributed by atoms with van der Waals surface area (Å²) >= 11 is 0. The number of carbonyl (C=O) groups is 3. The maximum absolute atomic E-state index is 13.2. The van der Waals surface area contributed by atoms with Crippen molar-refractivity contribution in [2.45, 2.75) is 114 Å². The zero-order valence-electron chi connectivity index (χ0n) is 24.8. The van der Waals surface area contributed by atoms with Crippen molar-refractivity contribution in [1.29, 1.82) is 0 Å². The Hall–Kier alpha value is -2.51. The molecule has 5 unspecified atom stereocenters. The van der Waals surface area contributed by atoms with Gasteiger partial charge >= 0.3 is 18.1 Å². The Bertz CT molecular complexity index is 939. The first-order valence-corrected chi connectivity index (χ1v) is 15.6. The van der Waals surface area contributed by atoms with E-state index in [9.17, 15) is 45.0 Å². The van der Waals surface area contributed by atoms with Crippen LogP contribution in [0.15, 0.2) is 0 Å². The van der Waals surface area contributed by atoms with E-state index in [1.807, 2.05) is 0 Å². The summed E-state index contributed by atoms with van der Waals surface area (Å²) in [6.45, 7) is -1.09. The summed E-state index contributed by atoms with van der Waals surface area (Å²) in [5, 5.41) is 63.4. The van der Waals surface area contributed by atoms with Crippen LogP contribution in [-0.2, 0) is 9.47 Å². The van der Waals surface area contributed by atoms with Crippen molar-refractivity contribution in [2.24, 2.45) is 0 Å². The Morgan fingerprint density at radius 1 is 0.455 bits per heavy atom. The molecule has 5 aliphatic rings. The highest BCUT2D eigenvalue weighted by molar-refractivity contribution is 5.81. The minimum Gasteiger partial charge on any atom is -0.376 e. The lowest BCUT2D eigenvalue weighted by molar-refractivity contribution is -0.109. The molecule has 0 aromatic rings. The second-order valence-corrected chi connectivity index (χ2v) is 12.1. The molecule has 3 saturated heterocycles. The predicted octanol–water partition coefficient (Wildman–Crippen LogP) is -1.28. The molecule has 6 amide bonds. The topological polar surface area (TPSA) is 210 Å². The summed E-state index contributed by atoms with van der Waals surface area (Å²) in [4.78, 5) is 44.3. The number of rotatable bonds is 12. The fourth-order valence-electron chi connectivity index (χ4n) is 6.60. The molecular formula is C27H46N6O11. The molecule has 0 aromatic carbocycles. The number of nitrogens with zero attached hydrogens (tertiary/aromatic N) is 6. The normalized spacial score (nSPS) is 32.7. The van der Waals surface area contributed by atoms with Gasteiger partial charge < -0.3 is 40.1 Å². The number of hydrogen-bond acceptors (Lipinski definition) is 11. The lowest BCUT2D eigenvalue weighted by Gasteiger charge is -2.28. The van der Waals surface area contributed by atoms with Crippen LogP contribution in [-0.4, -0.2) is 167 Å². The van der Waals surface area contributed by atoms with E-state index in [1.54, 1.807) is 0 Å². The number of aliphatic hydroxyl groups excluding tert-OH is 6. The first kappa shape index (κ1) is 32.9. The number of hydrogen-bond donors (Lipinski definition) is 6. The summed E-state index contributed by atoms with van der Waals surface area (Å²) in [7, 11) is 0. The molecule has 2 aliphatic carbocycles. The van der Waals surface area contributed by atoms with E-state index in [-0.39, 0.29) is 38.5 Å². The summed E-state index contributed by atoms with van der Waals surface area (Å²) < 4.78 is 11.6. The van der Waals surface area contributed by atoms with Crippen molar-refractivity contribution in [3.63, 3.8) is 0 Å². The molecule has 6 N–H and O–H groups in total. The van der Waals surface area contributed by atoms with Crippen LogP contribution in [0.5, 0.6) is 0 Å². The van der Waals surface area contributed by atoms with Crippen LogP contribution in [0.4, 0.5) is 14.4 Å². The highest BCUT2D eigenvalue weighted by Crippen LogP contribution is 2.28. The molecule has 2 saturated carbocycles. The van der Waals surface area contributed by atoms with E-state index in [2.05, 4.69) is 0 Å². The largest absolute Gasteiger partial charge is 0.376 e. The fraction of sp³-hybridized carbons (Fsp3) is 0.889. The lowest BCUT2D eigenvalue weighted by atomic mass is 9.98. The van der Waals surface area contributed by atoms with Gasteiger partial charge in [0.1, 0.15) is 13.3 Å². The quantitative estimate of drug-likeness (QED) is 0.150.